The molecule has 1 aliphatic rings. The Labute approximate surface area is 181 Å². The Bertz CT molecular complexity index is 440. The Kier molecular flexibility index (Phi) is 18.5. The normalized spacial score (nSPS) is 16.3. The molecular formula is C23H49NO4S. The van der Waals surface area contributed by atoms with Crippen LogP contribution in [0.4, 0.5) is 0 Å². The van der Waals surface area contributed by atoms with Gasteiger partial charge in [0, 0.05) is 6.26 Å². The van der Waals surface area contributed by atoms with E-state index in [0.29, 0.717) is 6.26 Å². The number of unbranched alkanes of at least 4 members (excludes halogenated alkanes) is 13. The molecule has 0 amide bonds. The molecule has 29 heavy (non-hydrogen) atoms. The SMILES string of the molecule is CCCCCCCCCCCCCCCC[N+]1(CC)CCOCC1.CS(=O)(=O)[O-]. The molecule has 0 atom stereocenters. The van der Waals surface area contributed by atoms with Gasteiger partial charge >= 0.3 is 0 Å². The van der Waals surface area contributed by atoms with Crippen molar-refractivity contribution < 1.29 is 22.2 Å². The predicted octanol–water partition coefficient (Wildman–Crippen LogP) is 5.50. The highest BCUT2D eigenvalue weighted by Crippen LogP contribution is 2.16. The van der Waals surface area contributed by atoms with Gasteiger partial charge in [-0.05, 0) is 19.8 Å². The van der Waals surface area contributed by atoms with Gasteiger partial charge in [0.05, 0.1) is 36.4 Å². The van der Waals surface area contributed by atoms with E-state index in [9.17, 15) is 0 Å². The van der Waals surface area contributed by atoms with Crippen LogP contribution in [0.25, 0.3) is 0 Å². The van der Waals surface area contributed by atoms with Gasteiger partial charge in [-0.1, -0.05) is 84.0 Å². The van der Waals surface area contributed by atoms with Crippen molar-refractivity contribution in [1.29, 1.82) is 0 Å². The highest BCUT2D eigenvalue weighted by atomic mass is 32.2. The quantitative estimate of drug-likeness (QED) is 0.182. The molecule has 1 saturated heterocycles. The third-order valence-corrected chi connectivity index (χ3v) is 6.08. The maximum atomic E-state index is 9.08. The molecule has 5 nitrogen and oxygen atoms in total. The average molecular weight is 436 g/mol. The lowest BCUT2D eigenvalue weighted by Crippen LogP contribution is -2.55. The Balaban J connectivity index is 0.00000139. The first-order valence-electron chi connectivity index (χ1n) is 12.2. The third kappa shape index (κ3) is 20.9. The molecule has 0 saturated carbocycles. The van der Waals surface area contributed by atoms with Crippen LogP contribution in [0.3, 0.4) is 0 Å². The number of ether oxygens (including phenoxy) is 1. The van der Waals surface area contributed by atoms with E-state index >= 15 is 0 Å². The second kappa shape index (κ2) is 18.6. The van der Waals surface area contributed by atoms with Gasteiger partial charge in [0.1, 0.15) is 13.1 Å². The summed E-state index contributed by atoms with van der Waals surface area (Å²) in [5.41, 5.74) is 0. The molecule has 1 fully saturated rings. The second-order valence-electron chi connectivity index (χ2n) is 8.74. The zero-order valence-corrected chi connectivity index (χ0v) is 20.4. The van der Waals surface area contributed by atoms with E-state index in [1.165, 1.54) is 121 Å². The summed E-state index contributed by atoms with van der Waals surface area (Å²) in [6.07, 6.45) is 21.0. The number of morpholine rings is 1. The van der Waals surface area contributed by atoms with E-state index in [0.717, 1.165) is 13.2 Å². The molecule has 1 heterocycles. The van der Waals surface area contributed by atoms with Crippen LogP contribution < -0.4 is 0 Å². The summed E-state index contributed by atoms with van der Waals surface area (Å²) < 4.78 is 34.1. The fraction of sp³-hybridized carbons (Fsp3) is 1.00. The van der Waals surface area contributed by atoms with Crippen LogP contribution in [0.1, 0.15) is 104 Å². The lowest BCUT2D eigenvalue weighted by Gasteiger charge is -2.40. The Morgan fingerprint density at radius 1 is 0.724 bits per heavy atom. The number of hydrogen-bond donors (Lipinski definition) is 0. The molecule has 1 rings (SSSR count). The fourth-order valence-electron chi connectivity index (χ4n) is 4.07. The Morgan fingerprint density at radius 2 is 1.07 bits per heavy atom. The number of likely N-dealkylation sites (N-methyl/N-ethyl adjacent to an activating group) is 1. The first-order chi connectivity index (χ1) is 13.8. The standard InChI is InChI=1S/C22H46NO.CH4O3S/c1-3-5-6-7-8-9-10-11-12-13-14-15-16-17-18-23(4-2)19-21-24-22-20-23;1-5(2,3)4/h3-22H2,1-2H3;1H3,(H,2,3,4)/q+1;/p-1. The third-order valence-electron chi connectivity index (χ3n) is 6.08. The van der Waals surface area contributed by atoms with Crippen molar-refractivity contribution in [2.24, 2.45) is 0 Å². The summed E-state index contributed by atoms with van der Waals surface area (Å²) in [7, 11) is -3.92. The molecule has 0 radical (unpaired) electrons. The van der Waals surface area contributed by atoms with Crippen molar-refractivity contribution >= 4 is 10.1 Å². The minimum atomic E-state index is -3.92. The van der Waals surface area contributed by atoms with Crippen LogP contribution in [-0.2, 0) is 14.9 Å². The Hall–Kier alpha value is -0.170. The van der Waals surface area contributed by atoms with Crippen LogP contribution in [0.2, 0.25) is 0 Å². The van der Waals surface area contributed by atoms with E-state index in [1.54, 1.807) is 0 Å². The maximum absolute atomic E-state index is 9.08. The molecule has 0 aromatic rings. The highest BCUT2D eigenvalue weighted by molar-refractivity contribution is 7.84. The summed E-state index contributed by atoms with van der Waals surface area (Å²) in [6, 6.07) is 0. The Morgan fingerprint density at radius 3 is 1.41 bits per heavy atom. The summed E-state index contributed by atoms with van der Waals surface area (Å²) >= 11 is 0. The first kappa shape index (κ1) is 28.8. The molecule has 0 bridgehead atoms. The van der Waals surface area contributed by atoms with E-state index in [-0.39, 0.29) is 0 Å². The average Bonchev–Trinajstić information content (AvgIpc) is 2.68. The largest absolute Gasteiger partial charge is 0.748 e. The number of quaternary nitrogens is 1. The zero-order valence-electron chi connectivity index (χ0n) is 19.6. The number of nitrogens with zero attached hydrogens (tertiary/aromatic N) is 1. The van der Waals surface area contributed by atoms with Gasteiger partial charge in [0.2, 0.25) is 0 Å². The van der Waals surface area contributed by atoms with Crippen LogP contribution in [0.15, 0.2) is 0 Å². The molecule has 0 unspecified atom stereocenters. The van der Waals surface area contributed by atoms with Crippen molar-refractivity contribution in [3.8, 4) is 0 Å². The van der Waals surface area contributed by atoms with Gasteiger partial charge in [0.25, 0.3) is 0 Å². The topological polar surface area (TPSA) is 66.4 Å². The van der Waals surface area contributed by atoms with Crippen LogP contribution in [0.5, 0.6) is 0 Å². The molecule has 176 valence electrons. The van der Waals surface area contributed by atoms with Gasteiger partial charge < -0.3 is 13.8 Å². The molecule has 6 heteroatoms. The van der Waals surface area contributed by atoms with E-state index in [2.05, 4.69) is 13.8 Å². The van der Waals surface area contributed by atoms with Crippen molar-refractivity contribution in [3.63, 3.8) is 0 Å². The molecular weight excluding hydrogens is 386 g/mol. The first-order valence-corrected chi connectivity index (χ1v) is 14.0. The lowest BCUT2D eigenvalue weighted by atomic mass is 10.0. The van der Waals surface area contributed by atoms with Gasteiger partial charge in [-0.25, -0.2) is 8.42 Å². The number of rotatable bonds is 16. The minimum Gasteiger partial charge on any atom is -0.748 e. The van der Waals surface area contributed by atoms with Crippen molar-refractivity contribution in [1.82, 2.24) is 0 Å². The van der Waals surface area contributed by atoms with Crippen LogP contribution in [-0.4, -0.2) is 63.1 Å². The summed E-state index contributed by atoms with van der Waals surface area (Å²) in [4.78, 5) is 0. The van der Waals surface area contributed by atoms with Gasteiger partial charge in [0.15, 0.2) is 0 Å². The van der Waals surface area contributed by atoms with Crippen molar-refractivity contribution in [2.45, 2.75) is 104 Å². The fourth-order valence-corrected chi connectivity index (χ4v) is 4.07. The van der Waals surface area contributed by atoms with Gasteiger partial charge in [-0.15, -0.1) is 0 Å². The highest BCUT2D eigenvalue weighted by Gasteiger charge is 2.27. The maximum Gasteiger partial charge on any atom is 0.102 e. The summed E-state index contributed by atoms with van der Waals surface area (Å²) in [6.45, 7) is 11.8. The molecule has 0 aromatic carbocycles. The van der Waals surface area contributed by atoms with E-state index in [4.69, 9.17) is 17.7 Å². The van der Waals surface area contributed by atoms with E-state index in [1.807, 2.05) is 0 Å². The van der Waals surface area contributed by atoms with Gasteiger partial charge in [-0.3, -0.25) is 0 Å². The van der Waals surface area contributed by atoms with Crippen LogP contribution >= 0.6 is 0 Å². The predicted molar refractivity (Wildman–Crippen MR) is 122 cm³/mol. The molecule has 1 aliphatic heterocycles. The van der Waals surface area contributed by atoms with Gasteiger partial charge in [-0.2, -0.15) is 0 Å². The summed E-state index contributed by atoms with van der Waals surface area (Å²) in [5.74, 6) is 0. The monoisotopic (exact) mass is 435 g/mol. The zero-order chi connectivity index (χ0) is 21.8. The van der Waals surface area contributed by atoms with Crippen molar-refractivity contribution in [3.05, 3.63) is 0 Å². The van der Waals surface area contributed by atoms with Crippen LogP contribution in [0, 0.1) is 0 Å². The molecule has 0 N–H and O–H groups in total. The summed E-state index contributed by atoms with van der Waals surface area (Å²) in [5, 5.41) is 0. The van der Waals surface area contributed by atoms with Crippen molar-refractivity contribution in [2.75, 3.05) is 45.6 Å². The molecule has 0 aromatic heterocycles. The number of hydrogen-bond acceptors (Lipinski definition) is 4. The molecule has 0 aliphatic carbocycles. The second-order valence-corrected chi connectivity index (χ2v) is 10.1. The van der Waals surface area contributed by atoms with E-state index < -0.39 is 10.1 Å². The smallest absolute Gasteiger partial charge is 0.102 e. The lowest BCUT2D eigenvalue weighted by molar-refractivity contribution is -0.933. The minimum absolute atomic E-state index is 0.604. The molecule has 0 spiro atoms.